The van der Waals surface area contributed by atoms with Gasteiger partial charge in [-0.3, -0.25) is 0 Å². The van der Waals surface area contributed by atoms with Crippen molar-refractivity contribution >= 4 is 22.6 Å². The van der Waals surface area contributed by atoms with Crippen molar-refractivity contribution in [2.45, 2.75) is 20.3 Å². The minimum atomic E-state index is 0.618. The van der Waals surface area contributed by atoms with Gasteiger partial charge in [0, 0.05) is 12.1 Å². The monoisotopic (exact) mass is 281 g/mol. The van der Waals surface area contributed by atoms with Gasteiger partial charge in [-0.2, -0.15) is 4.98 Å². The van der Waals surface area contributed by atoms with E-state index in [1.54, 1.807) is 0 Å². The first-order valence-corrected chi connectivity index (χ1v) is 6.96. The Morgan fingerprint density at radius 3 is 2.95 bits per heavy atom. The van der Waals surface area contributed by atoms with Crippen molar-refractivity contribution in [1.29, 1.82) is 0 Å². The number of rotatable bonds is 2. The van der Waals surface area contributed by atoms with E-state index in [1.165, 1.54) is 5.56 Å². The molecular formula is C16H15N3O2. The Morgan fingerprint density at radius 1 is 1.14 bits per heavy atom. The van der Waals surface area contributed by atoms with Crippen molar-refractivity contribution in [3.05, 3.63) is 41.4 Å². The summed E-state index contributed by atoms with van der Waals surface area (Å²) in [4.78, 5) is 8.81. The molecule has 0 amide bonds. The van der Waals surface area contributed by atoms with E-state index in [0.717, 1.165) is 41.4 Å². The molecule has 106 valence electrons. The van der Waals surface area contributed by atoms with E-state index in [0.29, 0.717) is 11.5 Å². The summed E-state index contributed by atoms with van der Waals surface area (Å²) in [6.07, 6.45) is 0.952. The maximum atomic E-state index is 5.59. The summed E-state index contributed by atoms with van der Waals surface area (Å²) in [6, 6.07) is 8.06. The van der Waals surface area contributed by atoms with Crippen molar-refractivity contribution in [3.63, 3.8) is 0 Å². The summed E-state index contributed by atoms with van der Waals surface area (Å²) in [6.45, 7) is 4.53. The summed E-state index contributed by atoms with van der Waals surface area (Å²) in [5.41, 5.74) is 2.84. The molecule has 1 aliphatic rings. The van der Waals surface area contributed by atoms with Gasteiger partial charge in [0.2, 0.25) is 5.71 Å². The van der Waals surface area contributed by atoms with Crippen molar-refractivity contribution in [3.8, 4) is 5.75 Å². The Hall–Kier alpha value is -2.56. The topological polar surface area (TPSA) is 60.2 Å². The van der Waals surface area contributed by atoms with Gasteiger partial charge in [0.15, 0.2) is 0 Å². The quantitative estimate of drug-likeness (QED) is 0.778. The van der Waals surface area contributed by atoms with Crippen LogP contribution in [-0.4, -0.2) is 16.6 Å². The van der Waals surface area contributed by atoms with E-state index >= 15 is 0 Å². The number of aromatic nitrogens is 2. The Kier molecular flexibility index (Phi) is 2.60. The van der Waals surface area contributed by atoms with Crippen LogP contribution in [-0.2, 0) is 6.42 Å². The van der Waals surface area contributed by atoms with E-state index in [4.69, 9.17) is 9.15 Å². The summed E-state index contributed by atoms with van der Waals surface area (Å²) in [7, 11) is 0. The van der Waals surface area contributed by atoms with Crippen LogP contribution < -0.4 is 10.1 Å². The first-order chi connectivity index (χ1) is 10.2. The summed E-state index contributed by atoms with van der Waals surface area (Å²) < 4.78 is 11.1. The lowest BCUT2D eigenvalue weighted by Crippen LogP contribution is -1.98. The number of hydrogen-bond donors (Lipinski definition) is 1. The van der Waals surface area contributed by atoms with Crippen LogP contribution in [0.25, 0.3) is 11.1 Å². The second kappa shape index (κ2) is 4.48. The van der Waals surface area contributed by atoms with E-state index < -0.39 is 0 Å². The molecule has 0 unspecified atom stereocenters. The lowest BCUT2D eigenvalue weighted by atomic mass is 10.1. The predicted octanol–water partition coefficient (Wildman–Crippen LogP) is 3.52. The third-order valence-corrected chi connectivity index (χ3v) is 3.58. The Bertz CT molecular complexity index is 839. The first kappa shape index (κ1) is 12.2. The van der Waals surface area contributed by atoms with Crippen LogP contribution in [0.3, 0.4) is 0 Å². The van der Waals surface area contributed by atoms with E-state index in [9.17, 15) is 0 Å². The SMILES string of the molecule is Cc1nc(Nc2ccc3c(c2)CCO3)c2cc(C)oc2n1. The van der Waals surface area contributed by atoms with Crippen LogP contribution in [0.15, 0.2) is 28.7 Å². The fourth-order valence-electron chi connectivity index (χ4n) is 2.64. The summed E-state index contributed by atoms with van der Waals surface area (Å²) in [5.74, 6) is 3.26. The highest BCUT2D eigenvalue weighted by Crippen LogP contribution is 2.31. The average Bonchev–Trinajstić information content (AvgIpc) is 3.03. The molecule has 3 heterocycles. The fourth-order valence-corrected chi connectivity index (χ4v) is 2.64. The molecule has 5 heteroatoms. The molecule has 1 aliphatic heterocycles. The molecule has 0 atom stereocenters. The van der Waals surface area contributed by atoms with Gasteiger partial charge in [0.05, 0.1) is 12.0 Å². The molecule has 0 saturated carbocycles. The number of hydrogen-bond acceptors (Lipinski definition) is 5. The molecule has 1 N–H and O–H groups in total. The van der Waals surface area contributed by atoms with Gasteiger partial charge in [-0.05, 0) is 43.7 Å². The Balaban J connectivity index is 1.77. The zero-order valence-electron chi connectivity index (χ0n) is 11.9. The highest BCUT2D eigenvalue weighted by atomic mass is 16.5. The molecular weight excluding hydrogens is 266 g/mol. The smallest absolute Gasteiger partial charge is 0.231 e. The Labute approximate surface area is 122 Å². The van der Waals surface area contributed by atoms with Gasteiger partial charge < -0.3 is 14.5 Å². The molecule has 3 aromatic rings. The van der Waals surface area contributed by atoms with Crippen LogP contribution >= 0.6 is 0 Å². The molecule has 1 aromatic carbocycles. The van der Waals surface area contributed by atoms with Crippen LogP contribution in [0.4, 0.5) is 11.5 Å². The van der Waals surface area contributed by atoms with E-state index in [2.05, 4.69) is 21.4 Å². The normalized spacial score (nSPS) is 13.2. The zero-order valence-corrected chi connectivity index (χ0v) is 11.9. The third kappa shape index (κ3) is 2.11. The molecule has 0 bridgehead atoms. The highest BCUT2D eigenvalue weighted by Gasteiger charge is 2.14. The lowest BCUT2D eigenvalue weighted by molar-refractivity contribution is 0.357. The second-order valence-electron chi connectivity index (χ2n) is 5.24. The van der Waals surface area contributed by atoms with Gasteiger partial charge in [0.1, 0.15) is 23.2 Å². The molecule has 0 radical (unpaired) electrons. The molecule has 4 rings (SSSR count). The lowest BCUT2D eigenvalue weighted by Gasteiger charge is -2.08. The molecule has 0 fully saturated rings. The maximum absolute atomic E-state index is 5.59. The first-order valence-electron chi connectivity index (χ1n) is 6.96. The molecule has 0 aliphatic carbocycles. The van der Waals surface area contributed by atoms with Crippen LogP contribution in [0.5, 0.6) is 5.75 Å². The fraction of sp³-hybridized carbons (Fsp3) is 0.250. The van der Waals surface area contributed by atoms with E-state index in [1.807, 2.05) is 32.0 Å². The van der Waals surface area contributed by atoms with Gasteiger partial charge in [0.25, 0.3) is 0 Å². The molecule has 0 spiro atoms. The van der Waals surface area contributed by atoms with Crippen molar-refractivity contribution in [2.24, 2.45) is 0 Å². The standard InChI is InChI=1S/C16H15N3O2/c1-9-7-13-15(17-10(2)18-16(13)21-9)19-12-3-4-14-11(8-12)5-6-20-14/h3-4,7-8H,5-6H2,1-2H3,(H,17,18,19). The number of fused-ring (bicyclic) bond motifs is 2. The summed E-state index contributed by atoms with van der Waals surface area (Å²) >= 11 is 0. The average molecular weight is 281 g/mol. The summed E-state index contributed by atoms with van der Waals surface area (Å²) in [5, 5.41) is 4.26. The number of nitrogens with zero attached hydrogens (tertiary/aromatic N) is 2. The number of nitrogens with one attached hydrogen (secondary N) is 1. The number of anilines is 2. The number of benzene rings is 1. The van der Waals surface area contributed by atoms with E-state index in [-0.39, 0.29) is 0 Å². The van der Waals surface area contributed by atoms with Crippen molar-refractivity contribution < 1.29 is 9.15 Å². The number of ether oxygens (including phenoxy) is 1. The number of furan rings is 1. The van der Waals surface area contributed by atoms with Crippen molar-refractivity contribution in [1.82, 2.24) is 9.97 Å². The predicted molar refractivity (Wildman–Crippen MR) is 80.2 cm³/mol. The minimum absolute atomic E-state index is 0.618. The maximum Gasteiger partial charge on any atom is 0.231 e. The van der Waals surface area contributed by atoms with Gasteiger partial charge in [-0.15, -0.1) is 0 Å². The second-order valence-corrected chi connectivity index (χ2v) is 5.24. The molecule has 0 saturated heterocycles. The molecule has 5 nitrogen and oxygen atoms in total. The van der Waals surface area contributed by atoms with Gasteiger partial charge >= 0.3 is 0 Å². The van der Waals surface area contributed by atoms with Gasteiger partial charge in [-0.1, -0.05) is 0 Å². The Morgan fingerprint density at radius 2 is 2.05 bits per heavy atom. The van der Waals surface area contributed by atoms with Gasteiger partial charge in [-0.25, -0.2) is 4.98 Å². The molecule has 21 heavy (non-hydrogen) atoms. The van der Waals surface area contributed by atoms with Crippen LogP contribution in [0, 0.1) is 13.8 Å². The number of aryl methyl sites for hydroxylation is 2. The highest BCUT2D eigenvalue weighted by molar-refractivity contribution is 5.88. The van der Waals surface area contributed by atoms with Crippen LogP contribution in [0.1, 0.15) is 17.1 Å². The largest absolute Gasteiger partial charge is 0.493 e. The van der Waals surface area contributed by atoms with Crippen LogP contribution in [0.2, 0.25) is 0 Å². The van der Waals surface area contributed by atoms with Crippen molar-refractivity contribution in [2.75, 3.05) is 11.9 Å². The minimum Gasteiger partial charge on any atom is -0.493 e. The zero-order chi connectivity index (χ0) is 14.4. The molecule has 2 aromatic heterocycles. The third-order valence-electron chi connectivity index (χ3n) is 3.58.